The average molecular weight is 215 g/mol. The number of anilines is 1. The number of nitrogens with zero attached hydrogens (tertiary/aromatic N) is 1. The molecule has 14 heavy (non-hydrogen) atoms. The summed E-state index contributed by atoms with van der Waals surface area (Å²) >= 11 is 5.60. The van der Waals surface area contributed by atoms with Crippen molar-refractivity contribution in [2.45, 2.75) is 12.5 Å². The molecule has 1 fully saturated rings. The molecule has 0 amide bonds. The van der Waals surface area contributed by atoms with Crippen LogP contribution in [-0.4, -0.2) is 19.1 Å². The lowest BCUT2D eigenvalue weighted by Gasteiger charge is -2.18. The summed E-state index contributed by atoms with van der Waals surface area (Å²) in [5.74, 6) is -0.371. The molecule has 1 aliphatic heterocycles. The molecule has 0 spiro atoms. The van der Waals surface area contributed by atoms with Gasteiger partial charge < -0.3 is 10.6 Å². The first-order chi connectivity index (χ1) is 6.66. The molecule has 1 heterocycles. The summed E-state index contributed by atoms with van der Waals surface area (Å²) in [6.07, 6.45) is 0.963. The van der Waals surface area contributed by atoms with Gasteiger partial charge in [-0.15, -0.1) is 0 Å². The molecule has 0 bridgehead atoms. The molecule has 0 radical (unpaired) electrons. The zero-order chi connectivity index (χ0) is 10.1. The molecule has 1 aromatic rings. The van der Waals surface area contributed by atoms with Gasteiger partial charge in [0.05, 0.1) is 5.02 Å². The minimum atomic E-state index is -0.371. The van der Waals surface area contributed by atoms with Gasteiger partial charge in [-0.2, -0.15) is 0 Å². The lowest BCUT2D eigenvalue weighted by atomic mass is 10.3. The van der Waals surface area contributed by atoms with Gasteiger partial charge in [0.1, 0.15) is 5.82 Å². The molecule has 0 aliphatic carbocycles. The van der Waals surface area contributed by atoms with Crippen LogP contribution in [0.5, 0.6) is 0 Å². The highest BCUT2D eigenvalue weighted by atomic mass is 35.5. The summed E-state index contributed by atoms with van der Waals surface area (Å²) < 4.78 is 13.1. The minimum absolute atomic E-state index is 0.164. The molecule has 2 rings (SSSR count). The fourth-order valence-electron chi connectivity index (χ4n) is 1.70. The van der Waals surface area contributed by atoms with E-state index in [4.69, 9.17) is 17.3 Å². The Labute approximate surface area is 87.5 Å². The number of benzene rings is 1. The van der Waals surface area contributed by atoms with Gasteiger partial charge in [-0.05, 0) is 24.6 Å². The maximum Gasteiger partial charge on any atom is 0.143 e. The molecule has 1 saturated heterocycles. The van der Waals surface area contributed by atoms with Gasteiger partial charge in [0.15, 0.2) is 0 Å². The van der Waals surface area contributed by atoms with Crippen LogP contribution in [0.2, 0.25) is 5.02 Å². The second-order valence-electron chi connectivity index (χ2n) is 3.59. The number of hydrogen-bond acceptors (Lipinski definition) is 2. The Morgan fingerprint density at radius 1 is 1.50 bits per heavy atom. The molecule has 1 aromatic carbocycles. The van der Waals surface area contributed by atoms with Crippen molar-refractivity contribution in [2.24, 2.45) is 5.73 Å². The molecule has 0 unspecified atom stereocenters. The highest BCUT2D eigenvalue weighted by molar-refractivity contribution is 6.30. The first-order valence-corrected chi connectivity index (χ1v) is 5.00. The van der Waals surface area contributed by atoms with Gasteiger partial charge in [0.2, 0.25) is 0 Å². The lowest BCUT2D eigenvalue weighted by molar-refractivity contribution is 0.627. The van der Waals surface area contributed by atoms with E-state index in [0.717, 1.165) is 25.2 Å². The third kappa shape index (κ3) is 1.83. The zero-order valence-corrected chi connectivity index (χ0v) is 8.47. The van der Waals surface area contributed by atoms with Crippen LogP contribution in [-0.2, 0) is 0 Å². The van der Waals surface area contributed by atoms with Crippen molar-refractivity contribution < 1.29 is 4.39 Å². The number of hydrogen-bond donors (Lipinski definition) is 1. The Balaban J connectivity index is 2.20. The van der Waals surface area contributed by atoms with E-state index in [1.54, 1.807) is 6.07 Å². The highest BCUT2D eigenvalue weighted by Gasteiger charge is 2.19. The molecule has 2 nitrogen and oxygen atoms in total. The fraction of sp³-hybridized carbons (Fsp3) is 0.400. The quantitative estimate of drug-likeness (QED) is 0.775. The molecule has 4 heteroatoms. The van der Waals surface area contributed by atoms with E-state index in [1.165, 1.54) is 6.07 Å². The third-order valence-corrected chi connectivity index (χ3v) is 2.80. The van der Waals surface area contributed by atoms with Crippen LogP contribution in [0, 0.1) is 5.82 Å². The summed E-state index contributed by atoms with van der Waals surface area (Å²) in [6.45, 7) is 1.68. The monoisotopic (exact) mass is 214 g/mol. The van der Waals surface area contributed by atoms with Gasteiger partial charge in [-0.25, -0.2) is 4.39 Å². The van der Waals surface area contributed by atoms with Crippen LogP contribution in [0.3, 0.4) is 0 Å². The summed E-state index contributed by atoms with van der Waals surface area (Å²) in [4.78, 5) is 2.07. The largest absolute Gasteiger partial charge is 0.370 e. The topological polar surface area (TPSA) is 29.3 Å². The maximum atomic E-state index is 13.1. The fourth-order valence-corrected chi connectivity index (χ4v) is 1.82. The predicted molar refractivity (Wildman–Crippen MR) is 56.2 cm³/mol. The smallest absolute Gasteiger partial charge is 0.143 e. The first-order valence-electron chi connectivity index (χ1n) is 4.62. The van der Waals surface area contributed by atoms with Gasteiger partial charge in [0, 0.05) is 24.8 Å². The van der Waals surface area contributed by atoms with E-state index < -0.39 is 0 Å². The van der Waals surface area contributed by atoms with Crippen molar-refractivity contribution in [3.8, 4) is 0 Å². The summed E-state index contributed by atoms with van der Waals surface area (Å²) in [6, 6.07) is 5.06. The molecular formula is C10H12ClFN2. The van der Waals surface area contributed by atoms with E-state index >= 15 is 0 Å². The third-order valence-electron chi connectivity index (χ3n) is 2.49. The van der Waals surface area contributed by atoms with Crippen LogP contribution in [0.15, 0.2) is 18.2 Å². The van der Waals surface area contributed by atoms with Crippen LogP contribution in [0.25, 0.3) is 0 Å². The van der Waals surface area contributed by atoms with Gasteiger partial charge in [-0.1, -0.05) is 11.6 Å². The first kappa shape index (κ1) is 9.74. The Kier molecular flexibility index (Phi) is 2.61. The van der Waals surface area contributed by atoms with Crippen LogP contribution in [0.4, 0.5) is 10.1 Å². The van der Waals surface area contributed by atoms with Crippen molar-refractivity contribution in [3.63, 3.8) is 0 Å². The summed E-state index contributed by atoms with van der Waals surface area (Å²) in [7, 11) is 0. The van der Waals surface area contributed by atoms with Gasteiger partial charge in [-0.3, -0.25) is 0 Å². The standard InChI is InChI=1S/C10H12ClFN2/c11-9-2-1-8(5-10(9)12)14-4-3-7(13)6-14/h1-2,5,7H,3-4,6,13H2/t7-/m0/s1. The SMILES string of the molecule is N[C@H]1CCN(c2ccc(Cl)c(F)c2)C1. The van der Waals surface area contributed by atoms with Gasteiger partial charge >= 0.3 is 0 Å². The summed E-state index contributed by atoms with van der Waals surface area (Å²) in [5.41, 5.74) is 6.63. The normalized spacial score (nSPS) is 21.6. The van der Waals surface area contributed by atoms with E-state index in [-0.39, 0.29) is 16.9 Å². The lowest BCUT2D eigenvalue weighted by Crippen LogP contribution is -2.26. The molecule has 2 N–H and O–H groups in total. The van der Waals surface area contributed by atoms with Crippen molar-refractivity contribution in [1.82, 2.24) is 0 Å². The molecule has 76 valence electrons. The number of halogens is 2. The van der Waals surface area contributed by atoms with Gasteiger partial charge in [0.25, 0.3) is 0 Å². The van der Waals surface area contributed by atoms with E-state index in [0.29, 0.717) is 0 Å². The summed E-state index contributed by atoms with van der Waals surface area (Å²) in [5, 5.41) is 0.164. The highest BCUT2D eigenvalue weighted by Crippen LogP contribution is 2.24. The Bertz CT molecular complexity index is 343. The molecular weight excluding hydrogens is 203 g/mol. The van der Waals surface area contributed by atoms with Crippen LogP contribution >= 0.6 is 11.6 Å². The average Bonchev–Trinajstić information content (AvgIpc) is 2.57. The molecule has 0 saturated carbocycles. The van der Waals surface area contributed by atoms with E-state index in [9.17, 15) is 4.39 Å². The Hall–Kier alpha value is -0.800. The van der Waals surface area contributed by atoms with Crippen molar-refractivity contribution in [2.75, 3.05) is 18.0 Å². The maximum absolute atomic E-state index is 13.1. The Morgan fingerprint density at radius 3 is 2.86 bits per heavy atom. The molecule has 0 aromatic heterocycles. The molecule has 1 aliphatic rings. The minimum Gasteiger partial charge on any atom is -0.370 e. The Morgan fingerprint density at radius 2 is 2.29 bits per heavy atom. The zero-order valence-electron chi connectivity index (χ0n) is 7.71. The van der Waals surface area contributed by atoms with Crippen LogP contribution in [0.1, 0.15) is 6.42 Å². The second-order valence-corrected chi connectivity index (χ2v) is 4.00. The van der Waals surface area contributed by atoms with Crippen molar-refractivity contribution in [1.29, 1.82) is 0 Å². The predicted octanol–water partition coefficient (Wildman–Crippen LogP) is 2.02. The van der Waals surface area contributed by atoms with Crippen LogP contribution < -0.4 is 10.6 Å². The number of nitrogens with two attached hydrogens (primary N) is 1. The van der Waals surface area contributed by atoms with E-state index in [1.807, 2.05) is 6.07 Å². The molecule has 1 atom stereocenters. The number of rotatable bonds is 1. The van der Waals surface area contributed by atoms with Crippen molar-refractivity contribution in [3.05, 3.63) is 29.0 Å². The van der Waals surface area contributed by atoms with Crippen molar-refractivity contribution >= 4 is 17.3 Å². The van der Waals surface area contributed by atoms with E-state index in [2.05, 4.69) is 4.90 Å². The second kappa shape index (κ2) is 3.75.